The average Bonchev–Trinajstić information content (AvgIpc) is 2.98. The van der Waals surface area contributed by atoms with Gasteiger partial charge in [-0.25, -0.2) is 4.68 Å². The molecule has 0 aliphatic rings. The Kier molecular flexibility index (Phi) is 3.73. The van der Waals surface area contributed by atoms with Crippen molar-refractivity contribution in [2.75, 3.05) is 5.32 Å². The molecule has 0 atom stereocenters. The maximum absolute atomic E-state index is 4.55. The number of nitrogens with zero attached hydrogens (tertiary/aromatic N) is 2. The molecule has 0 unspecified atom stereocenters. The van der Waals surface area contributed by atoms with Crippen LogP contribution >= 0.6 is 0 Å². The molecular formula is C18H19N3. The van der Waals surface area contributed by atoms with E-state index in [-0.39, 0.29) is 0 Å². The zero-order valence-corrected chi connectivity index (χ0v) is 12.4. The zero-order valence-electron chi connectivity index (χ0n) is 12.4. The van der Waals surface area contributed by atoms with Crippen LogP contribution in [-0.4, -0.2) is 9.78 Å². The molecule has 21 heavy (non-hydrogen) atoms. The first kappa shape index (κ1) is 13.4. The number of para-hydroxylation sites is 1. The average molecular weight is 277 g/mol. The van der Waals surface area contributed by atoms with Gasteiger partial charge in [-0.05, 0) is 37.1 Å². The predicted octanol–water partition coefficient (Wildman–Crippen LogP) is 4.10. The Hall–Kier alpha value is -2.55. The number of aryl methyl sites for hydroxylation is 2. The first-order chi connectivity index (χ1) is 10.2. The summed E-state index contributed by atoms with van der Waals surface area (Å²) < 4.78 is 1.88. The SMILES string of the molecule is Cc1ccc(C)c(CNc2ccn(-c3ccccc3)n2)c1. The van der Waals surface area contributed by atoms with Crippen LogP contribution in [0, 0.1) is 13.8 Å². The smallest absolute Gasteiger partial charge is 0.148 e. The minimum absolute atomic E-state index is 0.791. The van der Waals surface area contributed by atoms with Crippen LogP contribution in [0.4, 0.5) is 5.82 Å². The second-order valence-electron chi connectivity index (χ2n) is 5.26. The molecule has 0 saturated heterocycles. The van der Waals surface area contributed by atoms with E-state index < -0.39 is 0 Å². The summed E-state index contributed by atoms with van der Waals surface area (Å²) in [6.07, 6.45) is 1.97. The Morgan fingerprint density at radius 3 is 2.62 bits per heavy atom. The third-order valence-corrected chi connectivity index (χ3v) is 3.57. The summed E-state index contributed by atoms with van der Waals surface area (Å²) in [4.78, 5) is 0. The topological polar surface area (TPSA) is 29.9 Å². The minimum Gasteiger partial charge on any atom is -0.365 e. The molecule has 3 nitrogen and oxygen atoms in total. The second kappa shape index (κ2) is 5.83. The monoisotopic (exact) mass is 277 g/mol. The molecule has 0 aliphatic carbocycles. The molecule has 3 heteroatoms. The fourth-order valence-electron chi connectivity index (χ4n) is 2.32. The summed E-state index contributed by atoms with van der Waals surface area (Å²) in [7, 11) is 0. The lowest BCUT2D eigenvalue weighted by Gasteiger charge is -2.08. The molecule has 3 aromatic rings. The number of benzene rings is 2. The normalized spacial score (nSPS) is 10.6. The van der Waals surface area contributed by atoms with Crippen molar-refractivity contribution in [2.24, 2.45) is 0 Å². The highest BCUT2D eigenvalue weighted by Gasteiger charge is 2.02. The van der Waals surface area contributed by atoms with Gasteiger partial charge >= 0.3 is 0 Å². The van der Waals surface area contributed by atoms with Gasteiger partial charge in [-0.1, -0.05) is 42.0 Å². The Bertz CT molecular complexity index is 729. The van der Waals surface area contributed by atoms with Gasteiger partial charge in [-0.2, -0.15) is 5.10 Å². The third-order valence-electron chi connectivity index (χ3n) is 3.57. The lowest BCUT2D eigenvalue weighted by molar-refractivity contribution is 0.877. The molecule has 106 valence electrons. The Labute approximate surface area is 125 Å². The molecular weight excluding hydrogens is 258 g/mol. The number of rotatable bonds is 4. The number of hydrogen-bond acceptors (Lipinski definition) is 2. The molecule has 0 aliphatic heterocycles. The number of hydrogen-bond donors (Lipinski definition) is 1. The highest BCUT2D eigenvalue weighted by molar-refractivity contribution is 5.40. The van der Waals surface area contributed by atoms with Gasteiger partial charge in [-0.3, -0.25) is 0 Å². The van der Waals surface area contributed by atoms with Crippen LogP contribution in [0.25, 0.3) is 5.69 Å². The molecule has 0 saturated carbocycles. The molecule has 1 aromatic heterocycles. The maximum atomic E-state index is 4.55. The first-order valence-corrected chi connectivity index (χ1v) is 7.13. The molecule has 2 aromatic carbocycles. The summed E-state index contributed by atoms with van der Waals surface area (Å²) in [5, 5.41) is 7.94. The Morgan fingerprint density at radius 2 is 1.81 bits per heavy atom. The predicted molar refractivity (Wildman–Crippen MR) is 86.8 cm³/mol. The summed E-state index contributed by atoms with van der Waals surface area (Å²) >= 11 is 0. The van der Waals surface area contributed by atoms with E-state index in [4.69, 9.17) is 0 Å². The summed E-state index contributed by atoms with van der Waals surface area (Å²) in [6, 6.07) is 18.6. The van der Waals surface area contributed by atoms with Crippen molar-refractivity contribution in [2.45, 2.75) is 20.4 Å². The highest BCUT2D eigenvalue weighted by Crippen LogP contribution is 2.14. The summed E-state index contributed by atoms with van der Waals surface area (Å²) in [6.45, 7) is 5.05. The first-order valence-electron chi connectivity index (χ1n) is 7.13. The van der Waals surface area contributed by atoms with Crippen LogP contribution in [0.1, 0.15) is 16.7 Å². The number of aromatic nitrogens is 2. The van der Waals surface area contributed by atoms with Crippen molar-refractivity contribution < 1.29 is 0 Å². The van der Waals surface area contributed by atoms with Crippen molar-refractivity contribution in [1.82, 2.24) is 9.78 Å². The van der Waals surface area contributed by atoms with E-state index >= 15 is 0 Å². The lowest BCUT2D eigenvalue weighted by Crippen LogP contribution is -2.03. The second-order valence-corrected chi connectivity index (χ2v) is 5.26. The van der Waals surface area contributed by atoms with Gasteiger partial charge in [0.15, 0.2) is 0 Å². The van der Waals surface area contributed by atoms with Gasteiger partial charge in [0, 0.05) is 18.8 Å². The fraction of sp³-hybridized carbons (Fsp3) is 0.167. The molecule has 3 rings (SSSR count). The van der Waals surface area contributed by atoms with Crippen molar-refractivity contribution >= 4 is 5.82 Å². The van der Waals surface area contributed by atoms with Gasteiger partial charge in [0.05, 0.1) is 5.69 Å². The van der Waals surface area contributed by atoms with E-state index in [0.717, 1.165) is 18.1 Å². The van der Waals surface area contributed by atoms with E-state index in [1.54, 1.807) is 0 Å². The van der Waals surface area contributed by atoms with E-state index in [9.17, 15) is 0 Å². The number of anilines is 1. The van der Waals surface area contributed by atoms with Crippen LogP contribution in [-0.2, 0) is 6.54 Å². The fourth-order valence-corrected chi connectivity index (χ4v) is 2.32. The minimum atomic E-state index is 0.791. The van der Waals surface area contributed by atoms with E-state index in [1.165, 1.54) is 16.7 Å². The van der Waals surface area contributed by atoms with Crippen LogP contribution in [0.2, 0.25) is 0 Å². The van der Waals surface area contributed by atoms with Crippen molar-refractivity contribution in [1.29, 1.82) is 0 Å². The van der Waals surface area contributed by atoms with Crippen LogP contribution < -0.4 is 5.32 Å². The van der Waals surface area contributed by atoms with Gasteiger partial charge in [0.2, 0.25) is 0 Å². The molecule has 0 fully saturated rings. The van der Waals surface area contributed by atoms with E-state index in [2.05, 4.69) is 42.5 Å². The van der Waals surface area contributed by atoms with E-state index in [1.807, 2.05) is 47.3 Å². The van der Waals surface area contributed by atoms with Crippen LogP contribution in [0.15, 0.2) is 60.8 Å². The summed E-state index contributed by atoms with van der Waals surface area (Å²) in [5.41, 5.74) is 4.96. The van der Waals surface area contributed by atoms with Gasteiger partial charge in [0.1, 0.15) is 5.82 Å². The molecule has 0 spiro atoms. The Balaban J connectivity index is 1.72. The molecule has 1 N–H and O–H groups in total. The quantitative estimate of drug-likeness (QED) is 0.778. The Morgan fingerprint density at radius 1 is 1.00 bits per heavy atom. The maximum Gasteiger partial charge on any atom is 0.148 e. The molecule has 0 radical (unpaired) electrons. The highest BCUT2D eigenvalue weighted by atomic mass is 15.3. The van der Waals surface area contributed by atoms with Crippen molar-refractivity contribution in [3.05, 3.63) is 77.5 Å². The lowest BCUT2D eigenvalue weighted by atomic mass is 10.1. The molecule has 0 bridgehead atoms. The van der Waals surface area contributed by atoms with Crippen LogP contribution in [0.3, 0.4) is 0 Å². The standard InChI is InChI=1S/C18H19N3/c1-14-8-9-15(2)16(12-14)13-19-18-10-11-21(20-18)17-6-4-3-5-7-17/h3-12H,13H2,1-2H3,(H,19,20). The van der Waals surface area contributed by atoms with Gasteiger partial charge < -0.3 is 5.32 Å². The van der Waals surface area contributed by atoms with E-state index in [0.29, 0.717) is 0 Å². The van der Waals surface area contributed by atoms with Crippen molar-refractivity contribution in [3.8, 4) is 5.69 Å². The number of nitrogens with one attached hydrogen (secondary N) is 1. The molecule has 0 amide bonds. The van der Waals surface area contributed by atoms with Crippen LogP contribution in [0.5, 0.6) is 0 Å². The zero-order chi connectivity index (χ0) is 14.7. The van der Waals surface area contributed by atoms with Gasteiger partial charge in [-0.15, -0.1) is 0 Å². The summed E-state index contributed by atoms with van der Waals surface area (Å²) in [5.74, 6) is 0.889. The van der Waals surface area contributed by atoms with Gasteiger partial charge in [0.25, 0.3) is 0 Å². The van der Waals surface area contributed by atoms with Crippen molar-refractivity contribution in [3.63, 3.8) is 0 Å². The molecule has 1 heterocycles. The third kappa shape index (κ3) is 3.14. The largest absolute Gasteiger partial charge is 0.365 e.